The zero-order valence-corrected chi connectivity index (χ0v) is 12.5. The van der Waals surface area contributed by atoms with Crippen LogP contribution in [0, 0.1) is 5.92 Å². The van der Waals surface area contributed by atoms with Crippen molar-refractivity contribution < 1.29 is 19.5 Å². The van der Waals surface area contributed by atoms with E-state index in [1.165, 1.54) is 12.1 Å². The molecule has 0 radical (unpaired) electrons. The zero-order chi connectivity index (χ0) is 15.6. The van der Waals surface area contributed by atoms with E-state index >= 15 is 0 Å². The van der Waals surface area contributed by atoms with E-state index in [0.717, 1.165) is 4.90 Å². The molecule has 1 atom stereocenters. The highest BCUT2D eigenvalue weighted by Crippen LogP contribution is 2.32. The standard InChI is InChI=1S/C14H13Cl2NO4/c15-10-4-3-9(7-11(10)16)17-12(18)5-1-8(14(17)21)2-6-13(19)20/h3-4,7-8H,1-2,5-6H2,(H,19,20). The number of carbonyl (C=O) groups is 3. The van der Waals surface area contributed by atoms with Crippen molar-refractivity contribution in [1.82, 2.24) is 0 Å². The highest BCUT2D eigenvalue weighted by Gasteiger charge is 2.35. The van der Waals surface area contributed by atoms with Gasteiger partial charge in [0, 0.05) is 18.8 Å². The minimum absolute atomic E-state index is 0.0974. The molecule has 0 aromatic heterocycles. The van der Waals surface area contributed by atoms with Gasteiger partial charge in [-0.25, -0.2) is 0 Å². The Morgan fingerprint density at radius 3 is 2.62 bits per heavy atom. The average Bonchev–Trinajstić information content (AvgIpc) is 2.41. The summed E-state index contributed by atoms with van der Waals surface area (Å²) in [4.78, 5) is 36.1. The summed E-state index contributed by atoms with van der Waals surface area (Å²) < 4.78 is 0. The second kappa shape index (κ2) is 6.45. The topological polar surface area (TPSA) is 74.7 Å². The molecule has 2 amide bonds. The summed E-state index contributed by atoms with van der Waals surface area (Å²) >= 11 is 11.7. The van der Waals surface area contributed by atoms with E-state index in [4.69, 9.17) is 28.3 Å². The van der Waals surface area contributed by atoms with Gasteiger partial charge in [-0.3, -0.25) is 19.3 Å². The molecule has 1 unspecified atom stereocenters. The third-order valence-corrected chi connectivity index (χ3v) is 4.13. The van der Waals surface area contributed by atoms with Crippen LogP contribution in [-0.4, -0.2) is 22.9 Å². The maximum Gasteiger partial charge on any atom is 0.303 e. The number of carbonyl (C=O) groups excluding carboxylic acids is 2. The first-order valence-corrected chi connectivity index (χ1v) is 7.19. The molecule has 0 spiro atoms. The number of carboxylic acid groups (broad SMARTS) is 1. The second-order valence-electron chi connectivity index (χ2n) is 4.83. The Morgan fingerprint density at radius 2 is 2.00 bits per heavy atom. The molecule has 1 N–H and O–H groups in total. The minimum atomic E-state index is -0.958. The molecule has 1 aliphatic heterocycles. The molecule has 1 aromatic carbocycles. The average molecular weight is 330 g/mol. The summed E-state index contributed by atoms with van der Waals surface area (Å²) in [5.41, 5.74) is 0.361. The van der Waals surface area contributed by atoms with Crippen LogP contribution >= 0.6 is 23.2 Å². The number of nitrogens with zero attached hydrogens (tertiary/aromatic N) is 1. The van der Waals surface area contributed by atoms with E-state index in [2.05, 4.69) is 0 Å². The fourth-order valence-electron chi connectivity index (χ4n) is 2.30. The lowest BCUT2D eigenvalue weighted by molar-refractivity contribution is -0.137. The number of amides is 2. The van der Waals surface area contributed by atoms with Crippen LogP contribution in [0.1, 0.15) is 25.7 Å². The number of carboxylic acids is 1. The van der Waals surface area contributed by atoms with Gasteiger partial charge in [0.15, 0.2) is 0 Å². The largest absolute Gasteiger partial charge is 0.481 e. The molecule has 1 fully saturated rings. The zero-order valence-electron chi connectivity index (χ0n) is 11.0. The smallest absolute Gasteiger partial charge is 0.303 e. The molecule has 1 heterocycles. The quantitative estimate of drug-likeness (QED) is 0.861. The molecule has 5 nitrogen and oxygen atoms in total. The van der Waals surface area contributed by atoms with E-state index in [1.807, 2.05) is 0 Å². The van der Waals surface area contributed by atoms with Gasteiger partial charge in [0.2, 0.25) is 11.8 Å². The molecule has 2 rings (SSSR count). The van der Waals surface area contributed by atoms with Crippen LogP contribution in [0.3, 0.4) is 0 Å². The molecule has 0 saturated carbocycles. The Balaban J connectivity index is 2.23. The van der Waals surface area contributed by atoms with Crippen molar-refractivity contribution in [2.24, 2.45) is 5.92 Å². The molecule has 0 aliphatic carbocycles. The number of aliphatic carboxylic acids is 1. The second-order valence-corrected chi connectivity index (χ2v) is 5.65. The van der Waals surface area contributed by atoms with Crippen LogP contribution in [-0.2, 0) is 14.4 Å². The molecular weight excluding hydrogens is 317 g/mol. The van der Waals surface area contributed by atoms with Gasteiger partial charge < -0.3 is 5.11 Å². The maximum absolute atomic E-state index is 12.4. The lowest BCUT2D eigenvalue weighted by Gasteiger charge is -2.30. The molecule has 0 bridgehead atoms. The summed E-state index contributed by atoms with van der Waals surface area (Å²) in [6.07, 6.45) is 0.706. The molecule has 7 heteroatoms. The number of hydrogen-bond acceptors (Lipinski definition) is 3. The summed E-state index contributed by atoms with van der Waals surface area (Å²) in [6.45, 7) is 0. The van der Waals surface area contributed by atoms with Crippen molar-refractivity contribution in [3.63, 3.8) is 0 Å². The van der Waals surface area contributed by atoms with Crippen LogP contribution in [0.5, 0.6) is 0 Å². The van der Waals surface area contributed by atoms with Crippen LogP contribution < -0.4 is 4.90 Å². The Labute approximate surface area is 131 Å². The first-order chi connectivity index (χ1) is 9.90. The van der Waals surface area contributed by atoms with Gasteiger partial charge in [-0.2, -0.15) is 0 Å². The number of imide groups is 1. The van der Waals surface area contributed by atoms with Crippen molar-refractivity contribution in [3.05, 3.63) is 28.2 Å². The number of hydrogen-bond donors (Lipinski definition) is 1. The van der Waals surface area contributed by atoms with Gasteiger partial charge >= 0.3 is 5.97 Å². The van der Waals surface area contributed by atoms with E-state index in [9.17, 15) is 14.4 Å². The molecule has 1 aliphatic rings. The molecule has 1 saturated heterocycles. The van der Waals surface area contributed by atoms with E-state index in [-0.39, 0.29) is 36.1 Å². The van der Waals surface area contributed by atoms with E-state index < -0.39 is 11.9 Å². The predicted molar refractivity (Wildman–Crippen MR) is 78.5 cm³/mol. The Morgan fingerprint density at radius 1 is 1.29 bits per heavy atom. The van der Waals surface area contributed by atoms with Gasteiger partial charge in [-0.15, -0.1) is 0 Å². The highest BCUT2D eigenvalue weighted by molar-refractivity contribution is 6.42. The normalized spacial score (nSPS) is 19.0. The number of piperidine rings is 1. The van der Waals surface area contributed by atoms with Crippen molar-refractivity contribution in [2.45, 2.75) is 25.7 Å². The van der Waals surface area contributed by atoms with Crippen LogP contribution in [0.2, 0.25) is 10.0 Å². The first-order valence-electron chi connectivity index (χ1n) is 6.44. The fraction of sp³-hybridized carbons (Fsp3) is 0.357. The monoisotopic (exact) mass is 329 g/mol. The molecule has 21 heavy (non-hydrogen) atoms. The van der Waals surface area contributed by atoms with Crippen LogP contribution in [0.15, 0.2) is 18.2 Å². The summed E-state index contributed by atoms with van der Waals surface area (Å²) in [6, 6.07) is 4.52. The number of benzene rings is 1. The van der Waals surface area contributed by atoms with Gasteiger partial charge in [0.1, 0.15) is 0 Å². The van der Waals surface area contributed by atoms with Gasteiger partial charge in [-0.05, 0) is 31.0 Å². The molecule has 1 aromatic rings. The Bertz CT molecular complexity index is 603. The highest BCUT2D eigenvalue weighted by atomic mass is 35.5. The number of rotatable bonds is 4. The predicted octanol–water partition coefficient (Wildman–Crippen LogP) is 3.13. The molecule has 112 valence electrons. The van der Waals surface area contributed by atoms with Crippen molar-refractivity contribution in [1.29, 1.82) is 0 Å². The van der Waals surface area contributed by atoms with Gasteiger partial charge in [-0.1, -0.05) is 23.2 Å². The maximum atomic E-state index is 12.4. The van der Waals surface area contributed by atoms with E-state index in [1.54, 1.807) is 6.07 Å². The van der Waals surface area contributed by atoms with Gasteiger partial charge in [0.25, 0.3) is 0 Å². The van der Waals surface area contributed by atoms with Gasteiger partial charge in [0.05, 0.1) is 15.7 Å². The minimum Gasteiger partial charge on any atom is -0.481 e. The van der Waals surface area contributed by atoms with Crippen molar-refractivity contribution in [3.8, 4) is 0 Å². The Hall–Kier alpha value is -1.59. The lowest BCUT2D eigenvalue weighted by atomic mass is 9.91. The fourth-order valence-corrected chi connectivity index (χ4v) is 2.59. The number of halogens is 2. The lowest BCUT2D eigenvalue weighted by Crippen LogP contribution is -2.45. The molecular formula is C14H13Cl2NO4. The first kappa shape index (κ1) is 15.8. The summed E-state index contributed by atoms with van der Waals surface area (Å²) in [5, 5.41) is 9.29. The van der Waals surface area contributed by atoms with E-state index in [0.29, 0.717) is 17.1 Å². The van der Waals surface area contributed by atoms with Crippen molar-refractivity contribution in [2.75, 3.05) is 4.90 Å². The van der Waals surface area contributed by atoms with Crippen LogP contribution in [0.25, 0.3) is 0 Å². The third kappa shape index (κ3) is 3.54. The summed E-state index contributed by atoms with van der Waals surface area (Å²) in [5.74, 6) is -2.12. The Kier molecular flexibility index (Phi) is 4.85. The third-order valence-electron chi connectivity index (χ3n) is 3.39. The van der Waals surface area contributed by atoms with Crippen molar-refractivity contribution >= 4 is 46.7 Å². The van der Waals surface area contributed by atoms with Crippen LogP contribution in [0.4, 0.5) is 5.69 Å². The SMILES string of the molecule is O=C(O)CCC1CCC(=O)N(c2ccc(Cl)c(Cl)c2)C1=O. The number of anilines is 1. The summed E-state index contributed by atoms with van der Waals surface area (Å²) in [7, 11) is 0.